The van der Waals surface area contributed by atoms with Gasteiger partial charge in [-0.1, -0.05) is 0 Å². The monoisotopic (exact) mass is 322 g/mol. The lowest BCUT2D eigenvalue weighted by molar-refractivity contribution is -0.149. The zero-order valence-electron chi connectivity index (χ0n) is 12.4. The molecule has 22 heavy (non-hydrogen) atoms. The molecule has 0 radical (unpaired) electrons. The molecule has 1 fully saturated rings. The molecule has 6 nitrogen and oxygen atoms in total. The van der Waals surface area contributed by atoms with Crippen LogP contribution in [-0.4, -0.2) is 38.4 Å². The van der Waals surface area contributed by atoms with Gasteiger partial charge in [-0.2, -0.15) is 9.57 Å². The molecule has 0 saturated carbocycles. The summed E-state index contributed by atoms with van der Waals surface area (Å²) in [6, 6.07) is 7.73. The predicted octanol–water partition coefficient (Wildman–Crippen LogP) is 1.52. The summed E-state index contributed by atoms with van der Waals surface area (Å²) in [4.78, 5) is 11.9. The summed E-state index contributed by atoms with van der Waals surface area (Å²) in [6.07, 6.45) is 1.26. The van der Waals surface area contributed by atoms with E-state index in [2.05, 4.69) is 0 Å². The van der Waals surface area contributed by atoms with Crippen molar-refractivity contribution in [3.8, 4) is 6.07 Å². The number of hydrogen-bond acceptors (Lipinski definition) is 5. The molecular weight excluding hydrogens is 304 g/mol. The van der Waals surface area contributed by atoms with E-state index >= 15 is 0 Å². The Hall–Kier alpha value is -1.91. The van der Waals surface area contributed by atoms with Gasteiger partial charge < -0.3 is 4.74 Å². The fraction of sp³-hybridized carbons (Fsp3) is 0.467. The number of sulfonamides is 1. The second-order valence-corrected chi connectivity index (χ2v) is 7.03. The van der Waals surface area contributed by atoms with E-state index in [1.54, 1.807) is 6.92 Å². The van der Waals surface area contributed by atoms with Crippen LogP contribution in [0.5, 0.6) is 0 Å². The lowest BCUT2D eigenvalue weighted by Gasteiger charge is -2.30. The number of nitriles is 1. The Balaban J connectivity index is 2.18. The number of hydrogen-bond donors (Lipinski definition) is 0. The summed E-state index contributed by atoms with van der Waals surface area (Å²) in [5, 5.41) is 8.77. The number of carbonyl (C=O) groups excluding carboxylic acids is 1. The van der Waals surface area contributed by atoms with Gasteiger partial charge in [-0.05, 0) is 44.0 Å². The molecule has 1 saturated heterocycles. The Kier molecular flexibility index (Phi) is 5.16. The first-order valence-corrected chi connectivity index (χ1v) is 8.60. The van der Waals surface area contributed by atoms with Crippen molar-refractivity contribution >= 4 is 16.0 Å². The second kappa shape index (κ2) is 6.90. The van der Waals surface area contributed by atoms with Gasteiger partial charge >= 0.3 is 5.97 Å². The van der Waals surface area contributed by atoms with Crippen LogP contribution in [0.2, 0.25) is 0 Å². The number of rotatable bonds is 4. The number of ether oxygens (including phenoxy) is 1. The standard InChI is InChI=1S/C15H18N2O4S/c1-2-21-15(18)13-4-3-9-17(11-13)22(19,20)14-7-5-12(10-16)6-8-14/h5-8,13H,2-4,9,11H2,1H3/t13-/m1/s1. The summed E-state index contributed by atoms with van der Waals surface area (Å²) in [7, 11) is -3.65. The maximum atomic E-state index is 12.6. The van der Waals surface area contributed by atoms with Gasteiger partial charge in [0.15, 0.2) is 0 Å². The van der Waals surface area contributed by atoms with E-state index < -0.39 is 15.9 Å². The van der Waals surface area contributed by atoms with Gasteiger partial charge in [0.25, 0.3) is 0 Å². The van der Waals surface area contributed by atoms with Crippen LogP contribution in [0.3, 0.4) is 0 Å². The molecule has 0 N–H and O–H groups in total. The van der Waals surface area contributed by atoms with Crippen molar-refractivity contribution in [1.29, 1.82) is 5.26 Å². The lowest BCUT2D eigenvalue weighted by atomic mass is 10.0. The summed E-state index contributed by atoms with van der Waals surface area (Å²) in [6.45, 7) is 2.54. The van der Waals surface area contributed by atoms with Crippen LogP contribution in [0.15, 0.2) is 29.2 Å². The zero-order valence-corrected chi connectivity index (χ0v) is 13.2. The molecule has 1 aliphatic heterocycles. The van der Waals surface area contributed by atoms with Crippen molar-refractivity contribution in [2.45, 2.75) is 24.7 Å². The van der Waals surface area contributed by atoms with Gasteiger partial charge in [-0.15, -0.1) is 0 Å². The molecule has 1 heterocycles. The minimum Gasteiger partial charge on any atom is -0.466 e. The molecule has 0 aliphatic carbocycles. The van der Waals surface area contributed by atoms with Crippen molar-refractivity contribution in [3.63, 3.8) is 0 Å². The molecule has 118 valence electrons. The molecule has 0 spiro atoms. The van der Waals surface area contributed by atoms with Gasteiger partial charge in [-0.3, -0.25) is 4.79 Å². The normalized spacial score (nSPS) is 19.4. The number of esters is 1. The van der Waals surface area contributed by atoms with Gasteiger partial charge in [0.2, 0.25) is 10.0 Å². The smallest absolute Gasteiger partial charge is 0.310 e. The molecule has 0 amide bonds. The van der Waals surface area contributed by atoms with Crippen LogP contribution in [-0.2, 0) is 19.6 Å². The highest BCUT2D eigenvalue weighted by Gasteiger charge is 2.33. The molecule has 1 aromatic carbocycles. The highest BCUT2D eigenvalue weighted by molar-refractivity contribution is 7.89. The maximum absolute atomic E-state index is 12.6. The average Bonchev–Trinajstić information content (AvgIpc) is 2.55. The topological polar surface area (TPSA) is 87.5 Å². The molecule has 2 rings (SSSR count). The predicted molar refractivity (Wildman–Crippen MR) is 79.3 cm³/mol. The van der Waals surface area contributed by atoms with Crippen molar-refractivity contribution in [2.75, 3.05) is 19.7 Å². The third-order valence-corrected chi connectivity index (χ3v) is 5.50. The average molecular weight is 322 g/mol. The SMILES string of the molecule is CCOC(=O)[C@@H]1CCCN(S(=O)(=O)c2ccc(C#N)cc2)C1. The van der Waals surface area contributed by atoms with Gasteiger partial charge in [0.1, 0.15) is 0 Å². The fourth-order valence-electron chi connectivity index (χ4n) is 2.46. The molecule has 0 unspecified atom stereocenters. The Bertz CT molecular complexity index is 676. The summed E-state index contributed by atoms with van der Waals surface area (Å²) < 4.78 is 31.5. The third-order valence-electron chi connectivity index (χ3n) is 3.63. The van der Waals surface area contributed by atoms with Crippen molar-refractivity contribution < 1.29 is 17.9 Å². The van der Waals surface area contributed by atoms with Crippen LogP contribution in [0.4, 0.5) is 0 Å². The molecule has 1 aliphatic rings. The van der Waals surface area contributed by atoms with Crippen molar-refractivity contribution in [1.82, 2.24) is 4.31 Å². The van der Waals surface area contributed by atoms with Crippen LogP contribution in [0.25, 0.3) is 0 Å². The molecule has 1 aromatic rings. The van der Waals surface area contributed by atoms with Crippen molar-refractivity contribution in [3.05, 3.63) is 29.8 Å². The lowest BCUT2D eigenvalue weighted by Crippen LogP contribution is -2.42. The highest BCUT2D eigenvalue weighted by atomic mass is 32.2. The van der Waals surface area contributed by atoms with Crippen LogP contribution in [0.1, 0.15) is 25.3 Å². The molecular formula is C15H18N2O4S. The van der Waals surface area contributed by atoms with E-state index in [9.17, 15) is 13.2 Å². The Morgan fingerprint density at radius 3 is 2.68 bits per heavy atom. The first kappa shape index (κ1) is 16.5. The largest absolute Gasteiger partial charge is 0.466 e. The first-order valence-electron chi connectivity index (χ1n) is 7.16. The van der Waals surface area contributed by atoms with Gasteiger partial charge in [-0.25, -0.2) is 8.42 Å². The quantitative estimate of drug-likeness (QED) is 0.784. The minimum atomic E-state index is -3.65. The fourth-order valence-corrected chi connectivity index (χ4v) is 3.99. The van der Waals surface area contributed by atoms with E-state index in [4.69, 9.17) is 10.00 Å². The van der Waals surface area contributed by atoms with Crippen LogP contribution >= 0.6 is 0 Å². The summed E-state index contributed by atoms with van der Waals surface area (Å²) >= 11 is 0. The Labute approximate surface area is 130 Å². The summed E-state index contributed by atoms with van der Waals surface area (Å²) in [5.74, 6) is -0.760. The molecule has 7 heteroatoms. The second-order valence-electron chi connectivity index (χ2n) is 5.09. The van der Waals surface area contributed by atoms with Gasteiger partial charge in [0.05, 0.1) is 29.1 Å². The van der Waals surface area contributed by atoms with E-state index in [1.807, 2.05) is 6.07 Å². The molecule has 0 bridgehead atoms. The Morgan fingerprint density at radius 1 is 1.41 bits per heavy atom. The number of carbonyl (C=O) groups is 1. The molecule has 0 aromatic heterocycles. The first-order chi connectivity index (χ1) is 10.5. The van der Waals surface area contributed by atoms with E-state index in [1.165, 1.54) is 28.6 Å². The summed E-state index contributed by atoms with van der Waals surface area (Å²) in [5.41, 5.74) is 0.405. The van der Waals surface area contributed by atoms with E-state index in [0.717, 1.165) is 0 Å². The minimum absolute atomic E-state index is 0.135. The van der Waals surface area contributed by atoms with E-state index in [0.29, 0.717) is 24.9 Å². The highest BCUT2D eigenvalue weighted by Crippen LogP contribution is 2.24. The number of nitrogens with zero attached hydrogens (tertiary/aromatic N) is 2. The molecule has 1 atom stereocenters. The Morgan fingerprint density at radius 2 is 2.09 bits per heavy atom. The van der Waals surface area contributed by atoms with Crippen LogP contribution in [0, 0.1) is 17.2 Å². The third kappa shape index (κ3) is 3.46. The van der Waals surface area contributed by atoms with Crippen molar-refractivity contribution in [2.24, 2.45) is 5.92 Å². The van der Waals surface area contributed by atoms with Crippen LogP contribution < -0.4 is 0 Å². The number of benzene rings is 1. The van der Waals surface area contributed by atoms with Gasteiger partial charge in [0, 0.05) is 13.1 Å². The number of piperidine rings is 1. The maximum Gasteiger partial charge on any atom is 0.310 e. The van der Waals surface area contributed by atoms with E-state index in [-0.39, 0.29) is 24.0 Å². The zero-order chi connectivity index (χ0) is 16.2.